The maximum atomic E-state index is 2.31. The Balaban J connectivity index is 2.60. The molecule has 1 atom stereocenters. The maximum Gasteiger partial charge on any atom is -0.00791 e. The molecule has 0 aromatic heterocycles. The van der Waals surface area contributed by atoms with E-state index in [1.54, 1.807) is 0 Å². The fourth-order valence-corrected chi connectivity index (χ4v) is 1.04. The van der Waals surface area contributed by atoms with E-state index >= 15 is 0 Å². The van der Waals surface area contributed by atoms with E-state index < -0.39 is 0 Å². The smallest absolute Gasteiger partial charge is 0.00791 e. The molecule has 0 saturated carbocycles. The van der Waals surface area contributed by atoms with E-state index in [2.05, 4.69) is 32.1 Å². The molecular formula is C8H12. The van der Waals surface area contributed by atoms with Gasteiger partial charge in [0.25, 0.3) is 0 Å². The Labute approximate surface area is 50.9 Å². The Morgan fingerprint density at radius 2 is 2.38 bits per heavy atom. The molecule has 0 saturated heterocycles. The monoisotopic (exact) mass is 108 g/mol. The molecule has 0 N–H and O–H groups in total. The van der Waals surface area contributed by atoms with Crippen LogP contribution in [0.3, 0.4) is 0 Å². The Kier molecular flexibility index (Phi) is 1.52. The van der Waals surface area contributed by atoms with E-state index in [1.807, 2.05) is 0 Å². The van der Waals surface area contributed by atoms with E-state index in [-0.39, 0.29) is 0 Å². The topological polar surface area (TPSA) is 0 Å². The van der Waals surface area contributed by atoms with Crippen LogP contribution in [-0.2, 0) is 0 Å². The summed E-state index contributed by atoms with van der Waals surface area (Å²) in [6.07, 6.45) is 7.94. The van der Waals surface area contributed by atoms with E-state index in [9.17, 15) is 0 Å². The number of hydrogen-bond donors (Lipinski definition) is 0. The van der Waals surface area contributed by atoms with Crippen LogP contribution in [0.1, 0.15) is 20.3 Å². The molecule has 1 aliphatic carbocycles. The third-order valence-corrected chi connectivity index (χ3v) is 1.43. The molecule has 0 spiro atoms. The highest BCUT2D eigenvalue weighted by Crippen LogP contribution is 2.13. The molecule has 0 bridgehead atoms. The first kappa shape index (κ1) is 5.61. The highest BCUT2D eigenvalue weighted by Gasteiger charge is 1.96. The molecule has 0 aromatic rings. The summed E-state index contributed by atoms with van der Waals surface area (Å²) in [6, 6.07) is 0. The van der Waals surface area contributed by atoms with E-state index in [1.165, 1.54) is 5.57 Å². The Bertz CT molecular complexity index is 129. The lowest BCUT2D eigenvalue weighted by Gasteiger charge is -2.06. The van der Waals surface area contributed by atoms with Gasteiger partial charge in [-0.3, -0.25) is 0 Å². The normalized spacial score (nSPS) is 27.8. The van der Waals surface area contributed by atoms with E-state index in [0.29, 0.717) is 5.92 Å². The van der Waals surface area contributed by atoms with Gasteiger partial charge in [0.05, 0.1) is 0 Å². The SMILES string of the molecule is CC1=CC(C)C=CC1. The molecule has 1 rings (SSSR count). The molecule has 1 unspecified atom stereocenters. The maximum absolute atomic E-state index is 2.31. The first-order chi connectivity index (χ1) is 3.79. The number of hydrogen-bond acceptors (Lipinski definition) is 0. The predicted octanol–water partition coefficient (Wildman–Crippen LogP) is 2.53. The van der Waals surface area contributed by atoms with Crippen LogP contribution in [0.4, 0.5) is 0 Å². The van der Waals surface area contributed by atoms with Gasteiger partial charge in [-0.05, 0) is 19.3 Å². The van der Waals surface area contributed by atoms with Gasteiger partial charge in [-0.1, -0.05) is 30.7 Å². The first-order valence-electron chi connectivity index (χ1n) is 3.13. The van der Waals surface area contributed by atoms with Gasteiger partial charge < -0.3 is 0 Å². The number of allylic oxidation sites excluding steroid dienone is 4. The molecule has 0 heteroatoms. The van der Waals surface area contributed by atoms with Gasteiger partial charge in [-0.25, -0.2) is 0 Å². The zero-order valence-corrected chi connectivity index (χ0v) is 5.52. The van der Waals surface area contributed by atoms with Crippen LogP contribution in [0.5, 0.6) is 0 Å². The molecule has 0 radical (unpaired) electrons. The van der Waals surface area contributed by atoms with Crippen molar-refractivity contribution in [1.82, 2.24) is 0 Å². The van der Waals surface area contributed by atoms with Crippen molar-refractivity contribution in [3.63, 3.8) is 0 Å². The van der Waals surface area contributed by atoms with Crippen LogP contribution in [0.15, 0.2) is 23.8 Å². The van der Waals surface area contributed by atoms with Crippen LogP contribution >= 0.6 is 0 Å². The molecule has 0 fully saturated rings. The molecule has 0 nitrogen and oxygen atoms in total. The van der Waals surface area contributed by atoms with Crippen LogP contribution < -0.4 is 0 Å². The van der Waals surface area contributed by atoms with Crippen molar-refractivity contribution in [3.8, 4) is 0 Å². The Morgan fingerprint density at radius 3 is 2.75 bits per heavy atom. The highest BCUT2D eigenvalue weighted by atomic mass is 14.0. The van der Waals surface area contributed by atoms with Gasteiger partial charge in [-0.15, -0.1) is 0 Å². The molecule has 44 valence electrons. The van der Waals surface area contributed by atoms with Gasteiger partial charge in [-0.2, -0.15) is 0 Å². The van der Waals surface area contributed by atoms with Crippen molar-refractivity contribution in [2.24, 2.45) is 5.92 Å². The standard InChI is InChI=1S/C8H12/c1-7-4-3-5-8(2)6-7/h3-4,6-7H,5H2,1-2H3. The minimum atomic E-state index is 0.670. The van der Waals surface area contributed by atoms with Crippen molar-refractivity contribution in [1.29, 1.82) is 0 Å². The second-order valence-electron chi connectivity index (χ2n) is 2.50. The van der Waals surface area contributed by atoms with Gasteiger partial charge in [0, 0.05) is 0 Å². The van der Waals surface area contributed by atoms with Crippen LogP contribution in [0.2, 0.25) is 0 Å². The summed E-state index contributed by atoms with van der Waals surface area (Å²) >= 11 is 0. The van der Waals surface area contributed by atoms with Crippen molar-refractivity contribution >= 4 is 0 Å². The second-order valence-corrected chi connectivity index (χ2v) is 2.50. The summed E-state index contributed by atoms with van der Waals surface area (Å²) in [7, 11) is 0. The molecule has 0 aromatic carbocycles. The minimum Gasteiger partial charge on any atom is -0.0839 e. The lowest BCUT2D eigenvalue weighted by Crippen LogP contribution is -1.90. The third kappa shape index (κ3) is 1.22. The number of rotatable bonds is 0. The van der Waals surface area contributed by atoms with Crippen molar-refractivity contribution in [2.45, 2.75) is 20.3 Å². The van der Waals surface area contributed by atoms with Gasteiger partial charge in [0.1, 0.15) is 0 Å². The predicted molar refractivity (Wildman–Crippen MR) is 36.7 cm³/mol. The summed E-state index contributed by atoms with van der Waals surface area (Å²) < 4.78 is 0. The Hall–Kier alpha value is -0.520. The largest absolute Gasteiger partial charge is 0.0839 e. The molecule has 0 aliphatic heterocycles. The van der Waals surface area contributed by atoms with Gasteiger partial charge in [0.15, 0.2) is 0 Å². The highest BCUT2D eigenvalue weighted by molar-refractivity contribution is 5.15. The van der Waals surface area contributed by atoms with Crippen molar-refractivity contribution in [3.05, 3.63) is 23.8 Å². The van der Waals surface area contributed by atoms with Gasteiger partial charge >= 0.3 is 0 Å². The van der Waals surface area contributed by atoms with E-state index in [4.69, 9.17) is 0 Å². The van der Waals surface area contributed by atoms with Crippen LogP contribution in [-0.4, -0.2) is 0 Å². The summed E-state index contributed by atoms with van der Waals surface area (Å²) in [4.78, 5) is 0. The summed E-state index contributed by atoms with van der Waals surface area (Å²) in [6.45, 7) is 4.39. The second kappa shape index (κ2) is 2.17. The van der Waals surface area contributed by atoms with Crippen LogP contribution in [0.25, 0.3) is 0 Å². The fraction of sp³-hybridized carbons (Fsp3) is 0.500. The zero-order valence-electron chi connectivity index (χ0n) is 5.52. The summed E-state index contributed by atoms with van der Waals surface area (Å²) in [5.74, 6) is 0.670. The molecular weight excluding hydrogens is 96.1 g/mol. The summed E-state index contributed by atoms with van der Waals surface area (Å²) in [5, 5.41) is 0. The lowest BCUT2D eigenvalue weighted by atomic mass is 10.0. The molecule has 1 aliphatic rings. The Morgan fingerprint density at radius 1 is 1.62 bits per heavy atom. The lowest BCUT2D eigenvalue weighted by molar-refractivity contribution is 0.885. The minimum absolute atomic E-state index is 0.670. The summed E-state index contributed by atoms with van der Waals surface area (Å²) in [5.41, 5.74) is 1.50. The zero-order chi connectivity index (χ0) is 5.98. The van der Waals surface area contributed by atoms with Crippen molar-refractivity contribution in [2.75, 3.05) is 0 Å². The third-order valence-electron chi connectivity index (χ3n) is 1.43. The first-order valence-corrected chi connectivity index (χ1v) is 3.13. The molecule has 0 amide bonds. The van der Waals surface area contributed by atoms with Crippen molar-refractivity contribution < 1.29 is 0 Å². The van der Waals surface area contributed by atoms with Crippen LogP contribution in [0, 0.1) is 5.92 Å². The van der Waals surface area contributed by atoms with E-state index in [0.717, 1.165) is 6.42 Å². The average Bonchev–Trinajstić information content (AvgIpc) is 1.64. The quantitative estimate of drug-likeness (QED) is 0.418. The molecule has 0 heterocycles. The van der Waals surface area contributed by atoms with Gasteiger partial charge in [0.2, 0.25) is 0 Å². The fourth-order valence-electron chi connectivity index (χ4n) is 1.04. The molecule has 8 heavy (non-hydrogen) atoms. The average molecular weight is 108 g/mol.